The van der Waals surface area contributed by atoms with E-state index < -0.39 is 50.5 Å². The maximum atomic E-state index is 12.5. The van der Waals surface area contributed by atoms with Crippen LogP contribution in [0.2, 0.25) is 0 Å². The average molecular weight is 459 g/mol. The minimum atomic E-state index is -3.89. The first-order valence-electron chi connectivity index (χ1n) is 7.99. The van der Waals surface area contributed by atoms with Crippen LogP contribution < -0.4 is 5.32 Å². The number of hydrogen-bond acceptors (Lipinski definition) is 10. The number of carboxylic acid groups (broad SMARTS) is 1. The number of nitrogens with zero attached hydrogens (tertiary/aromatic N) is 4. The van der Waals surface area contributed by atoms with Crippen LogP contribution in [0.1, 0.15) is 0 Å². The van der Waals surface area contributed by atoms with Gasteiger partial charge in [-0.15, -0.1) is 16.9 Å². The molecule has 1 unspecified atom stereocenters. The van der Waals surface area contributed by atoms with E-state index in [1.165, 1.54) is 35.8 Å². The Hall–Kier alpha value is -2.57. The zero-order chi connectivity index (χ0) is 21.2. The predicted octanol–water partition coefficient (Wildman–Crippen LogP) is -1.43. The molecule has 1 aromatic rings. The third-order valence-corrected chi connectivity index (χ3v) is 7.58. The van der Waals surface area contributed by atoms with Crippen molar-refractivity contribution in [1.82, 2.24) is 25.6 Å². The van der Waals surface area contributed by atoms with Gasteiger partial charge in [0.05, 0.1) is 12.3 Å². The van der Waals surface area contributed by atoms with Crippen molar-refractivity contribution in [2.45, 2.75) is 16.4 Å². The second kappa shape index (κ2) is 8.43. The number of aromatic nitrogens is 3. The maximum absolute atomic E-state index is 12.5. The molecule has 15 heteroatoms. The van der Waals surface area contributed by atoms with Gasteiger partial charge in [0.25, 0.3) is 5.91 Å². The molecular weight excluding hydrogens is 444 g/mol. The van der Waals surface area contributed by atoms with Gasteiger partial charge in [-0.25, -0.2) is 13.2 Å². The van der Waals surface area contributed by atoms with Crippen LogP contribution >= 0.6 is 23.5 Å². The SMILES string of the molecule is N#CCS(=O)(=O)CC(=O)NC1C(=O)N2C(C(=O)O)=C(CSc3cn[nH]n3)CS[C@H]12. The Morgan fingerprint density at radius 3 is 2.90 bits per heavy atom. The number of aromatic amines is 1. The van der Waals surface area contributed by atoms with Gasteiger partial charge in [0, 0.05) is 11.5 Å². The molecule has 3 N–H and O–H groups in total. The molecule has 0 saturated carbocycles. The highest BCUT2D eigenvalue weighted by Crippen LogP contribution is 2.41. The molecule has 1 fully saturated rings. The van der Waals surface area contributed by atoms with E-state index in [1.807, 2.05) is 0 Å². The molecule has 2 amide bonds. The number of aliphatic carboxylic acids is 1. The van der Waals surface area contributed by atoms with Gasteiger partial charge in [0.15, 0.2) is 9.84 Å². The monoisotopic (exact) mass is 458 g/mol. The number of amides is 2. The molecular formula is C14H14N6O6S3. The van der Waals surface area contributed by atoms with Gasteiger partial charge in [-0.05, 0) is 5.57 Å². The largest absolute Gasteiger partial charge is 0.477 e. The fraction of sp³-hybridized carbons (Fsp3) is 0.429. The van der Waals surface area contributed by atoms with Crippen molar-refractivity contribution < 1.29 is 27.9 Å². The van der Waals surface area contributed by atoms with Crippen molar-refractivity contribution in [2.24, 2.45) is 0 Å². The lowest BCUT2D eigenvalue weighted by atomic mass is 10.0. The smallest absolute Gasteiger partial charge is 0.352 e. The molecule has 0 radical (unpaired) electrons. The Labute approximate surface area is 173 Å². The van der Waals surface area contributed by atoms with E-state index in [-0.39, 0.29) is 5.70 Å². The van der Waals surface area contributed by atoms with Gasteiger partial charge < -0.3 is 10.4 Å². The zero-order valence-corrected chi connectivity index (χ0v) is 17.0. The summed E-state index contributed by atoms with van der Waals surface area (Å²) in [6.45, 7) is 0. The number of sulfone groups is 1. The Bertz CT molecular complexity index is 1020. The Kier molecular flexibility index (Phi) is 6.15. The number of nitriles is 1. The van der Waals surface area contributed by atoms with Crippen LogP contribution in [0.15, 0.2) is 22.5 Å². The number of carbonyl (C=O) groups excluding carboxylic acids is 2. The van der Waals surface area contributed by atoms with Gasteiger partial charge >= 0.3 is 5.97 Å². The fourth-order valence-corrected chi connectivity index (χ4v) is 5.83. The molecule has 2 aliphatic heterocycles. The molecule has 0 aromatic carbocycles. The summed E-state index contributed by atoms with van der Waals surface area (Å²) in [6, 6.07) is 0.439. The standard InChI is InChI=1S/C14H14N6O6S3/c15-1-2-29(25,26)6-8(21)17-10-12(22)20-11(14(23)24)7(5-28-13(10)20)4-27-9-3-16-19-18-9/h3,10,13H,2,4-6H2,(H,17,21)(H,23,24)(H,16,18,19)/t10?,13-/m1/s1. The molecule has 3 heterocycles. The molecule has 0 bridgehead atoms. The molecule has 0 spiro atoms. The van der Waals surface area contributed by atoms with Crippen molar-refractivity contribution in [1.29, 1.82) is 5.26 Å². The number of carboxylic acids is 1. The van der Waals surface area contributed by atoms with Crippen molar-refractivity contribution in [3.63, 3.8) is 0 Å². The summed E-state index contributed by atoms with van der Waals surface area (Å²) in [5, 5.41) is 30.3. The van der Waals surface area contributed by atoms with Crippen LogP contribution in [0.4, 0.5) is 0 Å². The highest BCUT2D eigenvalue weighted by molar-refractivity contribution is 8.01. The predicted molar refractivity (Wildman–Crippen MR) is 101 cm³/mol. The number of fused-ring (bicyclic) bond motifs is 1. The minimum Gasteiger partial charge on any atom is -0.477 e. The molecule has 154 valence electrons. The summed E-state index contributed by atoms with van der Waals surface area (Å²) in [5.41, 5.74) is 0.388. The van der Waals surface area contributed by atoms with E-state index in [4.69, 9.17) is 5.26 Å². The van der Waals surface area contributed by atoms with Gasteiger partial charge in [0.1, 0.15) is 33.6 Å². The topological polar surface area (TPSA) is 186 Å². The molecule has 2 aliphatic rings. The van der Waals surface area contributed by atoms with E-state index in [2.05, 4.69) is 20.7 Å². The number of carbonyl (C=O) groups is 3. The normalized spacial score (nSPS) is 21.2. The van der Waals surface area contributed by atoms with Gasteiger partial charge in [-0.1, -0.05) is 11.8 Å². The van der Waals surface area contributed by atoms with Crippen LogP contribution in [-0.4, -0.2) is 86.0 Å². The first kappa shape index (κ1) is 21.1. The van der Waals surface area contributed by atoms with E-state index in [0.717, 1.165) is 4.90 Å². The maximum Gasteiger partial charge on any atom is 0.352 e. The lowest BCUT2D eigenvalue weighted by Crippen LogP contribution is -2.71. The summed E-state index contributed by atoms with van der Waals surface area (Å²) in [7, 11) is -3.89. The highest BCUT2D eigenvalue weighted by atomic mass is 32.2. The molecule has 29 heavy (non-hydrogen) atoms. The summed E-state index contributed by atoms with van der Waals surface area (Å²) >= 11 is 2.54. The summed E-state index contributed by atoms with van der Waals surface area (Å²) in [4.78, 5) is 37.3. The number of β-lactam (4-membered cyclic amide) rings is 1. The fourth-order valence-electron chi connectivity index (χ4n) is 2.78. The second-order valence-electron chi connectivity index (χ2n) is 6.00. The highest BCUT2D eigenvalue weighted by Gasteiger charge is 2.54. The van der Waals surface area contributed by atoms with E-state index >= 15 is 0 Å². The third-order valence-electron chi connectivity index (χ3n) is 3.99. The summed E-state index contributed by atoms with van der Waals surface area (Å²) in [5.74, 6) is -3.91. The van der Waals surface area contributed by atoms with E-state index in [1.54, 1.807) is 0 Å². The van der Waals surface area contributed by atoms with Crippen molar-refractivity contribution in [2.75, 3.05) is 23.0 Å². The van der Waals surface area contributed by atoms with E-state index in [0.29, 0.717) is 22.1 Å². The molecule has 1 saturated heterocycles. The number of rotatable bonds is 8. The summed E-state index contributed by atoms with van der Waals surface area (Å²) < 4.78 is 23.1. The molecule has 12 nitrogen and oxygen atoms in total. The number of thioether (sulfide) groups is 2. The van der Waals surface area contributed by atoms with Crippen LogP contribution in [-0.2, 0) is 24.2 Å². The van der Waals surface area contributed by atoms with Crippen LogP contribution in [0, 0.1) is 11.3 Å². The molecule has 1 aromatic heterocycles. The molecule has 3 rings (SSSR count). The molecule has 0 aliphatic carbocycles. The van der Waals surface area contributed by atoms with Crippen molar-refractivity contribution in [3.8, 4) is 6.07 Å². The van der Waals surface area contributed by atoms with Crippen molar-refractivity contribution >= 4 is 51.1 Å². The van der Waals surface area contributed by atoms with Gasteiger partial charge in [-0.3, -0.25) is 14.5 Å². The minimum absolute atomic E-state index is 0.141. The Morgan fingerprint density at radius 1 is 1.52 bits per heavy atom. The Morgan fingerprint density at radius 2 is 2.28 bits per heavy atom. The van der Waals surface area contributed by atoms with Crippen LogP contribution in [0.5, 0.6) is 0 Å². The quantitative estimate of drug-likeness (QED) is 0.306. The molecule has 2 atom stereocenters. The first-order valence-corrected chi connectivity index (χ1v) is 11.8. The first-order chi connectivity index (χ1) is 13.7. The number of hydrogen-bond donors (Lipinski definition) is 3. The average Bonchev–Trinajstić information content (AvgIpc) is 3.16. The Balaban J connectivity index is 1.69. The van der Waals surface area contributed by atoms with Gasteiger partial charge in [0.2, 0.25) is 5.91 Å². The van der Waals surface area contributed by atoms with Crippen LogP contribution in [0.25, 0.3) is 0 Å². The van der Waals surface area contributed by atoms with E-state index in [9.17, 15) is 27.9 Å². The lowest BCUT2D eigenvalue weighted by Gasteiger charge is -2.49. The van der Waals surface area contributed by atoms with Gasteiger partial charge in [-0.2, -0.15) is 15.6 Å². The summed E-state index contributed by atoms with van der Waals surface area (Å²) in [6.07, 6.45) is 1.49. The third kappa shape index (κ3) is 4.54. The second-order valence-corrected chi connectivity index (χ2v) is 10.2. The van der Waals surface area contributed by atoms with Crippen LogP contribution in [0.3, 0.4) is 0 Å². The number of nitrogens with one attached hydrogen (secondary N) is 2. The number of H-pyrrole nitrogens is 1. The van der Waals surface area contributed by atoms with Crippen molar-refractivity contribution in [3.05, 3.63) is 17.5 Å². The lowest BCUT2D eigenvalue weighted by molar-refractivity contribution is -0.150. The zero-order valence-electron chi connectivity index (χ0n) is 14.6.